The van der Waals surface area contributed by atoms with E-state index < -0.39 is 0 Å². The van der Waals surface area contributed by atoms with Crippen molar-refractivity contribution in [2.75, 3.05) is 26.7 Å². The average Bonchev–Trinajstić information content (AvgIpc) is 2.36. The molecule has 1 N–H and O–H groups in total. The van der Waals surface area contributed by atoms with Crippen LogP contribution in [0.5, 0.6) is 5.75 Å². The summed E-state index contributed by atoms with van der Waals surface area (Å²) in [6, 6.07) is 6.38. The Kier molecular flexibility index (Phi) is 4.48. The molecule has 0 aromatic heterocycles. The third-order valence-corrected chi connectivity index (χ3v) is 3.61. The number of nitrogens with zero attached hydrogens (tertiary/aromatic N) is 1. The first-order valence-corrected chi connectivity index (χ1v) is 7.12. The molecule has 0 spiro atoms. The lowest BCUT2D eigenvalue weighted by Gasteiger charge is -2.31. The molecular weight excluding hydrogens is 236 g/mol. The Bertz CT molecular complexity index is 409. The van der Waals surface area contributed by atoms with Crippen LogP contribution in [-0.4, -0.2) is 37.2 Å². The fourth-order valence-electron chi connectivity index (χ4n) is 2.58. The van der Waals surface area contributed by atoms with Crippen molar-refractivity contribution in [3.63, 3.8) is 0 Å². The Hall–Kier alpha value is -1.06. The number of hydrogen-bond donors (Lipinski definition) is 1. The molecule has 3 nitrogen and oxygen atoms in total. The van der Waals surface area contributed by atoms with Crippen LogP contribution in [0, 0.1) is 0 Å². The minimum Gasteiger partial charge on any atom is -0.496 e. The molecule has 0 saturated heterocycles. The zero-order valence-electron chi connectivity index (χ0n) is 12.6. The minimum atomic E-state index is 0.200. The molecule has 0 fully saturated rings. The van der Waals surface area contributed by atoms with Gasteiger partial charge in [0.25, 0.3) is 0 Å². The summed E-state index contributed by atoms with van der Waals surface area (Å²) in [6.07, 6.45) is 1.13. The number of nitrogens with one attached hydrogen (secondary N) is 1. The molecule has 1 aliphatic rings. The zero-order chi connectivity index (χ0) is 13.9. The topological polar surface area (TPSA) is 24.5 Å². The van der Waals surface area contributed by atoms with Crippen molar-refractivity contribution >= 4 is 0 Å². The maximum absolute atomic E-state index is 5.48. The maximum Gasteiger partial charge on any atom is 0.123 e. The molecule has 1 heterocycles. The summed E-state index contributed by atoms with van der Waals surface area (Å²) in [5.41, 5.74) is 3.01. The van der Waals surface area contributed by atoms with E-state index in [2.05, 4.69) is 49.2 Å². The molecular formula is C16H26N2O. The number of ether oxygens (including phenoxy) is 1. The standard InChI is InChI=1S/C16H26N2O/c1-16(2,3)17-9-11-18-10-8-13-6-5-7-15(19-4)14(13)12-18/h5-7,17H,8-12H2,1-4H3. The molecule has 106 valence electrons. The second-order valence-electron chi connectivity index (χ2n) is 6.30. The van der Waals surface area contributed by atoms with Gasteiger partial charge in [-0.3, -0.25) is 4.90 Å². The van der Waals surface area contributed by atoms with Gasteiger partial charge in [0, 0.05) is 37.3 Å². The van der Waals surface area contributed by atoms with Crippen molar-refractivity contribution in [1.82, 2.24) is 10.2 Å². The van der Waals surface area contributed by atoms with Gasteiger partial charge in [-0.05, 0) is 38.8 Å². The van der Waals surface area contributed by atoms with E-state index in [1.807, 2.05) is 0 Å². The highest BCUT2D eigenvalue weighted by molar-refractivity contribution is 5.41. The lowest BCUT2D eigenvalue weighted by molar-refractivity contribution is 0.239. The first-order valence-electron chi connectivity index (χ1n) is 7.12. The van der Waals surface area contributed by atoms with Gasteiger partial charge in [-0.2, -0.15) is 0 Å². The van der Waals surface area contributed by atoms with Crippen LogP contribution in [0.4, 0.5) is 0 Å². The van der Waals surface area contributed by atoms with Gasteiger partial charge in [-0.15, -0.1) is 0 Å². The molecule has 0 amide bonds. The van der Waals surface area contributed by atoms with E-state index >= 15 is 0 Å². The van der Waals surface area contributed by atoms with Crippen molar-refractivity contribution in [3.05, 3.63) is 29.3 Å². The van der Waals surface area contributed by atoms with Gasteiger partial charge in [0.05, 0.1) is 7.11 Å². The van der Waals surface area contributed by atoms with Gasteiger partial charge in [0.1, 0.15) is 5.75 Å². The van der Waals surface area contributed by atoms with Crippen LogP contribution >= 0.6 is 0 Å². The summed E-state index contributed by atoms with van der Waals surface area (Å²) in [4.78, 5) is 2.50. The van der Waals surface area contributed by atoms with Crippen molar-refractivity contribution in [1.29, 1.82) is 0 Å². The van der Waals surface area contributed by atoms with Gasteiger partial charge >= 0.3 is 0 Å². The Morgan fingerprint density at radius 1 is 1.32 bits per heavy atom. The summed E-state index contributed by atoms with van der Waals surface area (Å²) >= 11 is 0. The van der Waals surface area contributed by atoms with E-state index in [0.29, 0.717) is 0 Å². The molecule has 0 aliphatic carbocycles. The molecule has 1 aromatic carbocycles. The van der Waals surface area contributed by atoms with Crippen LogP contribution in [0.15, 0.2) is 18.2 Å². The van der Waals surface area contributed by atoms with Crippen molar-refractivity contribution in [3.8, 4) is 5.75 Å². The molecule has 0 radical (unpaired) electrons. The Morgan fingerprint density at radius 3 is 2.79 bits per heavy atom. The maximum atomic E-state index is 5.48. The first-order chi connectivity index (χ1) is 8.99. The smallest absolute Gasteiger partial charge is 0.123 e. The third kappa shape index (κ3) is 3.95. The summed E-state index contributed by atoms with van der Waals surface area (Å²) in [5, 5.41) is 3.55. The molecule has 1 aliphatic heterocycles. The Labute approximate surface area is 116 Å². The van der Waals surface area contributed by atoms with E-state index in [1.54, 1.807) is 7.11 Å². The SMILES string of the molecule is COc1cccc2c1CN(CCNC(C)(C)C)CC2. The van der Waals surface area contributed by atoms with E-state index in [1.165, 1.54) is 11.1 Å². The molecule has 3 heteroatoms. The molecule has 0 unspecified atom stereocenters. The quantitative estimate of drug-likeness (QED) is 0.902. The second-order valence-corrected chi connectivity index (χ2v) is 6.30. The first kappa shape index (κ1) is 14.4. The Balaban J connectivity index is 1.94. The van der Waals surface area contributed by atoms with Gasteiger partial charge < -0.3 is 10.1 Å². The summed E-state index contributed by atoms with van der Waals surface area (Å²) < 4.78 is 5.48. The Morgan fingerprint density at radius 2 is 2.11 bits per heavy atom. The van der Waals surface area contributed by atoms with Gasteiger partial charge in [0.15, 0.2) is 0 Å². The molecule has 0 atom stereocenters. The predicted molar refractivity (Wildman–Crippen MR) is 79.7 cm³/mol. The second kappa shape index (κ2) is 5.93. The van der Waals surface area contributed by atoms with Crippen LogP contribution < -0.4 is 10.1 Å². The van der Waals surface area contributed by atoms with Gasteiger partial charge in [-0.25, -0.2) is 0 Å². The number of fused-ring (bicyclic) bond motifs is 1. The highest BCUT2D eigenvalue weighted by atomic mass is 16.5. The molecule has 1 aromatic rings. The summed E-state index contributed by atoms with van der Waals surface area (Å²) in [5.74, 6) is 1.03. The van der Waals surface area contributed by atoms with Crippen LogP contribution in [0.2, 0.25) is 0 Å². The van der Waals surface area contributed by atoms with Crippen LogP contribution in [0.25, 0.3) is 0 Å². The number of hydrogen-bond acceptors (Lipinski definition) is 3. The van der Waals surface area contributed by atoms with E-state index in [4.69, 9.17) is 4.74 Å². The van der Waals surface area contributed by atoms with Gasteiger partial charge in [0.2, 0.25) is 0 Å². The largest absolute Gasteiger partial charge is 0.496 e. The van der Waals surface area contributed by atoms with Crippen LogP contribution in [-0.2, 0) is 13.0 Å². The van der Waals surface area contributed by atoms with E-state index in [-0.39, 0.29) is 5.54 Å². The van der Waals surface area contributed by atoms with Gasteiger partial charge in [-0.1, -0.05) is 12.1 Å². The van der Waals surface area contributed by atoms with Crippen molar-refractivity contribution < 1.29 is 4.74 Å². The van der Waals surface area contributed by atoms with Crippen molar-refractivity contribution in [2.24, 2.45) is 0 Å². The number of methoxy groups -OCH3 is 1. The molecule has 2 rings (SSSR count). The third-order valence-electron chi connectivity index (χ3n) is 3.61. The predicted octanol–water partition coefficient (Wildman–Crippen LogP) is 2.44. The summed E-state index contributed by atoms with van der Waals surface area (Å²) in [7, 11) is 1.76. The lowest BCUT2D eigenvalue weighted by atomic mass is 9.99. The molecule has 0 bridgehead atoms. The highest BCUT2D eigenvalue weighted by Gasteiger charge is 2.19. The minimum absolute atomic E-state index is 0.200. The van der Waals surface area contributed by atoms with Crippen LogP contribution in [0.3, 0.4) is 0 Å². The fraction of sp³-hybridized carbons (Fsp3) is 0.625. The normalized spacial score (nSPS) is 16.2. The zero-order valence-corrected chi connectivity index (χ0v) is 12.6. The molecule has 0 saturated carbocycles. The number of benzene rings is 1. The van der Waals surface area contributed by atoms with Crippen molar-refractivity contribution in [2.45, 2.75) is 39.3 Å². The average molecular weight is 262 g/mol. The summed E-state index contributed by atoms with van der Waals surface area (Å²) in [6.45, 7) is 10.9. The van der Waals surface area contributed by atoms with E-state index in [0.717, 1.165) is 38.3 Å². The fourth-order valence-corrected chi connectivity index (χ4v) is 2.58. The van der Waals surface area contributed by atoms with E-state index in [9.17, 15) is 0 Å². The highest BCUT2D eigenvalue weighted by Crippen LogP contribution is 2.27. The monoisotopic (exact) mass is 262 g/mol. The van der Waals surface area contributed by atoms with Crippen LogP contribution in [0.1, 0.15) is 31.9 Å². The lowest BCUT2D eigenvalue weighted by Crippen LogP contribution is -2.42. The number of rotatable bonds is 4. The molecule has 19 heavy (non-hydrogen) atoms.